The molecule has 0 aromatic heterocycles. The van der Waals surface area contributed by atoms with E-state index >= 15 is 0 Å². The van der Waals surface area contributed by atoms with Crippen LogP contribution >= 0.6 is 0 Å². The van der Waals surface area contributed by atoms with Crippen LogP contribution in [0, 0.1) is 0 Å². The summed E-state index contributed by atoms with van der Waals surface area (Å²) in [4.78, 5) is 2.52. The molecule has 0 unspecified atom stereocenters. The van der Waals surface area contributed by atoms with Gasteiger partial charge >= 0.3 is 0 Å². The molecule has 0 radical (unpaired) electrons. The van der Waals surface area contributed by atoms with Crippen LogP contribution in [0.2, 0.25) is 0 Å². The summed E-state index contributed by atoms with van der Waals surface area (Å²) in [5, 5.41) is 6.69. The average Bonchev–Trinajstić information content (AvgIpc) is 2.59. The van der Waals surface area contributed by atoms with Crippen molar-refractivity contribution in [2.75, 3.05) is 45.8 Å². The van der Waals surface area contributed by atoms with Crippen LogP contribution in [-0.4, -0.2) is 50.7 Å². The molecule has 0 spiro atoms. The first-order valence-electron chi connectivity index (χ1n) is 4.77. The average molecular weight is 167 g/mol. The Labute approximate surface area is 73.8 Å². The van der Waals surface area contributed by atoms with Crippen LogP contribution in [0.5, 0.6) is 0 Å². The third-order valence-electron chi connectivity index (χ3n) is 2.52. The van der Waals surface area contributed by atoms with Crippen molar-refractivity contribution in [1.82, 2.24) is 15.5 Å². The summed E-state index contributed by atoms with van der Waals surface area (Å²) in [6, 6.07) is 0. The fraction of sp³-hybridized carbons (Fsp3) is 0.778. The Morgan fingerprint density at radius 1 is 1.25 bits per heavy atom. The van der Waals surface area contributed by atoms with Gasteiger partial charge in [0.2, 0.25) is 0 Å². The normalized spacial score (nSPS) is 25.8. The van der Waals surface area contributed by atoms with Crippen LogP contribution < -0.4 is 10.6 Å². The van der Waals surface area contributed by atoms with Gasteiger partial charge in [-0.1, -0.05) is 6.08 Å². The third kappa shape index (κ3) is 2.06. The van der Waals surface area contributed by atoms with Gasteiger partial charge in [0, 0.05) is 45.8 Å². The Hall–Kier alpha value is -0.380. The molecule has 1 fully saturated rings. The maximum atomic E-state index is 3.36. The van der Waals surface area contributed by atoms with E-state index in [9.17, 15) is 0 Å². The molecule has 2 aliphatic rings. The highest BCUT2D eigenvalue weighted by atomic mass is 15.2. The molecule has 2 N–H and O–H groups in total. The lowest BCUT2D eigenvalue weighted by molar-refractivity contribution is 0.259. The van der Waals surface area contributed by atoms with Crippen molar-refractivity contribution in [3.8, 4) is 0 Å². The molecule has 0 atom stereocenters. The first-order chi connectivity index (χ1) is 5.95. The summed E-state index contributed by atoms with van der Waals surface area (Å²) in [6.45, 7) is 8.07. The minimum Gasteiger partial charge on any atom is -0.314 e. The lowest BCUT2D eigenvalue weighted by Crippen LogP contribution is -2.44. The van der Waals surface area contributed by atoms with E-state index in [0.717, 1.165) is 26.2 Å². The highest BCUT2D eigenvalue weighted by Gasteiger charge is 2.12. The molecule has 3 heteroatoms. The second kappa shape index (κ2) is 4.03. The van der Waals surface area contributed by atoms with Crippen molar-refractivity contribution in [3.05, 3.63) is 11.6 Å². The van der Waals surface area contributed by atoms with Crippen LogP contribution in [-0.2, 0) is 0 Å². The van der Waals surface area contributed by atoms with E-state index in [0.29, 0.717) is 0 Å². The third-order valence-corrected chi connectivity index (χ3v) is 2.52. The predicted molar refractivity (Wildman–Crippen MR) is 50.3 cm³/mol. The lowest BCUT2D eigenvalue weighted by atomic mass is 10.2. The zero-order chi connectivity index (χ0) is 8.23. The van der Waals surface area contributed by atoms with Gasteiger partial charge in [0.15, 0.2) is 0 Å². The van der Waals surface area contributed by atoms with E-state index in [1.54, 1.807) is 5.57 Å². The molecule has 2 rings (SSSR count). The fourth-order valence-electron chi connectivity index (χ4n) is 1.80. The van der Waals surface area contributed by atoms with Gasteiger partial charge < -0.3 is 10.6 Å². The Kier molecular flexibility index (Phi) is 2.76. The molecule has 1 saturated heterocycles. The van der Waals surface area contributed by atoms with E-state index in [1.807, 2.05) is 0 Å². The SMILES string of the molecule is C1=C(CN2CCNCC2)CNC1. The number of piperazine rings is 1. The van der Waals surface area contributed by atoms with Crippen molar-refractivity contribution in [3.63, 3.8) is 0 Å². The van der Waals surface area contributed by atoms with Crippen molar-refractivity contribution in [2.24, 2.45) is 0 Å². The summed E-state index contributed by atoms with van der Waals surface area (Å²) in [6.07, 6.45) is 2.32. The highest BCUT2D eigenvalue weighted by molar-refractivity contribution is 5.12. The largest absolute Gasteiger partial charge is 0.314 e. The molecule has 2 aliphatic heterocycles. The van der Waals surface area contributed by atoms with Crippen LogP contribution in [0.4, 0.5) is 0 Å². The summed E-state index contributed by atoms with van der Waals surface area (Å²) in [5.41, 5.74) is 1.57. The Bertz CT molecular complexity index is 171. The number of nitrogens with zero attached hydrogens (tertiary/aromatic N) is 1. The van der Waals surface area contributed by atoms with Crippen LogP contribution in [0.25, 0.3) is 0 Å². The van der Waals surface area contributed by atoms with Gasteiger partial charge in [-0.2, -0.15) is 0 Å². The van der Waals surface area contributed by atoms with Crippen molar-refractivity contribution in [2.45, 2.75) is 0 Å². The molecule has 0 aromatic rings. The second-order valence-electron chi connectivity index (χ2n) is 3.52. The lowest BCUT2D eigenvalue weighted by Gasteiger charge is -2.27. The van der Waals surface area contributed by atoms with Crippen molar-refractivity contribution < 1.29 is 0 Å². The summed E-state index contributed by atoms with van der Waals surface area (Å²) in [7, 11) is 0. The smallest absolute Gasteiger partial charge is 0.0207 e. The van der Waals surface area contributed by atoms with Crippen LogP contribution in [0.1, 0.15) is 0 Å². The van der Waals surface area contributed by atoms with Gasteiger partial charge in [0.25, 0.3) is 0 Å². The number of nitrogens with one attached hydrogen (secondary N) is 2. The number of hydrogen-bond donors (Lipinski definition) is 2. The molecular formula is C9H17N3. The fourth-order valence-corrected chi connectivity index (χ4v) is 1.80. The molecule has 0 aromatic carbocycles. The van der Waals surface area contributed by atoms with Gasteiger partial charge in [-0.05, 0) is 5.57 Å². The van der Waals surface area contributed by atoms with Crippen molar-refractivity contribution >= 4 is 0 Å². The van der Waals surface area contributed by atoms with Crippen molar-refractivity contribution in [1.29, 1.82) is 0 Å². The van der Waals surface area contributed by atoms with Gasteiger partial charge in [-0.15, -0.1) is 0 Å². The molecule has 68 valence electrons. The Morgan fingerprint density at radius 2 is 2.08 bits per heavy atom. The number of rotatable bonds is 2. The van der Waals surface area contributed by atoms with Gasteiger partial charge in [-0.25, -0.2) is 0 Å². The molecule has 0 aliphatic carbocycles. The summed E-state index contributed by atoms with van der Waals surface area (Å²) in [5.74, 6) is 0. The maximum absolute atomic E-state index is 3.36. The summed E-state index contributed by atoms with van der Waals surface area (Å²) < 4.78 is 0. The van der Waals surface area contributed by atoms with E-state index in [1.165, 1.54) is 19.6 Å². The topological polar surface area (TPSA) is 27.3 Å². The maximum Gasteiger partial charge on any atom is 0.0207 e. The van der Waals surface area contributed by atoms with E-state index in [4.69, 9.17) is 0 Å². The molecule has 12 heavy (non-hydrogen) atoms. The zero-order valence-corrected chi connectivity index (χ0v) is 7.47. The second-order valence-corrected chi connectivity index (χ2v) is 3.52. The van der Waals surface area contributed by atoms with Gasteiger partial charge in [-0.3, -0.25) is 4.90 Å². The molecule has 0 saturated carbocycles. The monoisotopic (exact) mass is 167 g/mol. The highest BCUT2D eigenvalue weighted by Crippen LogP contribution is 2.03. The number of hydrogen-bond acceptors (Lipinski definition) is 3. The first-order valence-corrected chi connectivity index (χ1v) is 4.77. The van der Waals surface area contributed by atoms with Crippen LogP contribution in [0.3, 0.4) is 0 Å². The predicted octanol–water partition coefficient (Wildman–Crippen LogP) is -0.579. The molecular weight excluding hydrogens is 150 g/mol. The van der Waals surface area contributed by atoms with E-state index in [2.05, 4.69) is 21.6 Å². The molecule has 2 heterocycles. The first kappa shape index (κ1) is 8.23. The molecule has 0 amide bonds. The Morgan fingerprint density at radius 3 is 2.75 bits per heavy atom. The van der Waals surface area contributed by atoms with Gasteiger partial charge in [0.05, 0.1) is 0 Å². The van der Waals surface area contributed by atoms with E-state index < -0.39 is 0 Å². The summed E-state index contributed by atoms with van der Waals surface area (Å²) >= 11 is 0. The van der Waals surface area contributed by atoms with Crippen LogP contribution in [0.15, 0.2) is 11.6 Å². The quantitative estimate of drug-likeness (QED) is 0.539. The minimum atomic E-state index is 1.07. The molecule has 0 bridgehead atoms. The molecule has 3 nitrogen and oxygen atoms in total. The van der Waals surface area contributed by atoms with Gasteiger partial charge in [0.1, 0.15) is 0 Å². The minimum absolute atomic E-state index is 1.07. The zero-order valence-electron chi connectivity index (χ0n) is 7.47. The standard InChI is InChI=1S/C9H17N3/c1-2-11-7-9(1)8-12-5-3-10-4-6-12/h1,10-11H,2-8H2. The van der Waals surface area contributed by atoms with E-state index in [-0.39, 0.29) is 0 Å². The Balaban J connectivity index is 1.77.